The first kappa shape index (κ1) is 22.2. The molecule has 1 aliphatic heterocycles. The van der Waals surface area contributed by atoms with Crippen LogP contribution in [0.3, 0.4) is 0 Å². The largest absolute Gasteiger partial charge is 0.353 e. The van der Waals surface area contributed by atoms with E-state index in [-0.39, 0.29) is 5.25 Å². The topological polar surface area (TPSA) is 12.0 Å². The summed E-state index contributed by atoms with van der Waals surface area (Å²) in [6.45, 7) is 4.31. The molecule has 0 fully saturated rings. The van der Waals surface area contributed by atoms with Gasteiger partial charge >= 0.3 is 0 Å². The van der Waals surface area contributed by atoms with Gasteiger partial charge in [0.2, 0.25) is 0 Å². The van der Waals surface area contributed by atoms with Crippen LogP contribution in [-0.4, -0.2) is 0 Å². The average molecular weight is 490 g/mol. The van der Waals surface area contributed by atoms with E-state index >= 15 is 0 Å². The highest BCUT2D eigenvalue weighted by molar-refractivity contribution is 8.00. The molecular weight excluding hydrogens is 462 g/mol. The quantitative estimate of drug-likeness (QED) is 0.270. The number of para-hydroxylation sites is 1. The van der Waals surface area contributed by atoms with Gasteiger partial charge in [-0.2, -0.15) is 0 Å². The van der Waals surface area contributed by atoms with E-state index in [9.17, 15) is 0 Å². The van der Waals surface area contributed by atoms with Crippen LogP contribution in [0.5, 0.6) is 0 Å². The highest BCUT2D eigenvalue weighted by Gasteiger charge is 2.31. The number of anilines is 2. The summed E-state index contributed by atoms with van der Waals surface area (Å²) in [6.07, 6.45) is 0.917. The Morgan fingerprint density at radius 2 is 1.37 bits per heavy atom. The second-order valence-corrected chi connectivity index (χ2v) is 11.5. The number of rotatable bonds is 4. The summed E-state index contributed by atoms with van der Waals surface area (Å²) in [4.78, 5) is 4.04. The van der Waals surface area contributed by atoms with Crippen LogP contribution < -0.4 is 5.32 Å². The molecule has 6 rings (SSSR count). The first-order valence-electron chi connectivity index (χ1n) is 12.0. The number of thiophene rings is 1. The second kappa shape index (κ2) is 9.41. The first-order chi connectivity index (χ1) is 17.2. The van der Waals surface area contributed by atoms with Crippen molar-refractivity contribution in [1.29, 1.82) is 0 Å². The van der Waals surface area contributed by atoms with Gasteiger partial charge in [-0.1, -0.05) is 102 Å². The third kappa shape index (κ3) is 4.42. The predicted molar refractivity (Wildman–Crippen MR) is 152 cm³/mol. The van der Waals surface area contributed by atoms with Crippen LogP contribution in [0.25, 0.3) is 10.4 Å². The summed E-state index contributed by atoms with van der Waals surface area (Å²) in [5, 5.41) is 4.10. The molecule has 1 N–H and O–H groups in total. The number of hydrogen-bond acceptors (Lipinski definition) is 3. The lowest BCUT2D eigenvalue weighted by atomic mass is 9.98. The Morgan fingerprint density at radius 1 is 0.714 bits per heavy atom. The molecule has 0 amide bonds. The molecule has 1 aromatic heterocycles. The van der Waals surface area contributed by atoms with Crippen LogP contribution in [0.4, 0.5) is 11.4 Å². The van der Waals surface area contributed by atoms with E-state index in [0.717, 1.165) is 6.42 Å². The molecule has 4 aromatic carbocycles. The van der Waals surface area contributed by atoms with Gasteiger partial charge < -0.3 is 5.32 Å². The van der Waals surface area contributed by atoms with Gasteiger partial charge in [0.25, 0.3) is 0 Å². The van der Waals surface area contributed by atoms with Crippen LogP contribution in [0.1, 0.15) is 37.9 Å². The van der Waals surface area contributed by atoms with E-state index in [0.29, 0.717) is 0 Å². The summed E-state index contributed by atoms with van der Waals surface area (Å²) in [6, 6.07) is 37.6. The Hall–Kier alpha value is -3.27. The number of nitrogens with one attached hydrogen (secondary N) is 1. The average Bonchev–Trinajstić information content (AvgIpc) is 3.13. The minimum absolute atomic E-state index is 0.208. The van der Waals surface area contributed by atoms with Gasteiger partial charge in [-0.3, -0.25) is 0 Å². The van der Waals surface area contributed by atoms with Crippen LogP contribution in [-0.2, 0) is 6.42 Å². The van der Waals surface area contributed by atoms with Crippen molar-refractivity contribution in [2.45, 2.75) is 30.4 Å². The Bertz CT molecular complexity index is 1470. The molecule has 35 heavy (non-hydrogen) atoms. The Balaban J connectivity index is 1.58. The monoisotopic (exact) mass is 489 g/mol. The SMILES string of the molecule is Cc1ccc(Cc2sc(-c3ccccc3)c3c2Nc2ccccc2SC3c2ccc(C)cc2)cc1. The van der Waals surface area contributed by atoms with Crippen LogP contribution in [0.15, 0.2) is 108 Å². The van der Waals surface area contributed by atoms with Gasteiger partial charge in [-0.25, -0.2) is 0 Å². The fourth-order valence-electron chi connectivity index (χ4n) is 4.67. The third-order valence-corrected chi connectivity index (χ3v) is 9.18. The van der Waals surface area contributed by atoms with Crippen molar-refractivity contribution in [1.82, 2.24) is 0 Å². The summed E-state index contributed by atoms with van der Waals surface area (Å²) in [5.74, 6) is 0. The van der Waals surface area contributed by atoms with Gasteiger partial charge in [0.05, 0.1) is 16.6 Å². The zero-order chi connectivity index (χ0) is 23.8. The zero-order valence-electron chi connectivity index (χ0n) is 19.9. The van der Waals surface area contributed by atoms with E-state index in [4.69, 9.17) is 0 Å². The third-order valence-electron chi connectivity index (χ3n) is 6.57. The minimum Gasteiger partial charge on any atom is -0.353 e. The molecule has 0 spiro atoms. The van der Waals surface area contributed by atoms with Crippen LogP contribution in [0.2, 0.25) is 0 Å². The number of benzene rings is 4. The number of hydrogen-bond donors (Lipinski definition) is 1. The highest BCUT2D eigenvalue weighted by atomic mass is 32.2. The summed E-state index contributed by atoms with van der Waals surface area (Å²) < 4.78 is 0. The van der Waals surface area contributed by atoms with Crippen molar-refractivity contribution in [3.8, 4) is 10.4 Å². The fourth-order valence-corrected chi connectivity index (χ4v) is 7.38. The lowest BCUT2D eigenvalue weighted by Gasteiger charge is -2.18. The molecule has 1 atom stereocenters. The smallest absolute Gasteiger partial charge is 0.0629 e. The molecule has 1 unspecified atom stereocenters. The maximum atomic E-state index is 3.89. The van der Waals surface area contributed by atoms with Crippen molar-refractivity contribution >= 4 is 34.5 Å². The Labute approximate surface area is 215 Å². The minimum atomic E-state index is 0.208. The van der Waals surface area contributed by atoms with Gasteiger partial charge in [0, 0.05) is 26.6 Å². The van der Waals surface area contributed by atoms with E-state index in [1.54, 1.807) is 0 Å². The van der Waals surface area contributed by atoms with Crippen LogP contribution in [0, 0.1) is 13.8 Å². The number of thioether (sulfide) groups is 1. The van der Waals surface area contributed by atoms with E-state index in [2.05, 4.69) is 122 Å². The van der Waals surface area contributed by atoms with Crippen molar-refractivity contribution in [3.05, 3.63) is 136 Å². The van der Waals surface area contributed by atoms with Crippen molar-refractivity contribution < 1.29 is 0 Å². The highest BCUT2D eigenvalue weighted by Crippen LogP contribution is 2.56. The number of aryl methyl sites for hydroxylation is 2. The van der Waals surface area contributed by atoms with Gasteiger partial charge in [-0.05, 0) is 42.7 Å². The van der Waals surface area contributed by atoms with Gasteiger partial charge in [-0.15, -0.1) is 23.1 Å². The van der Waals surface area contributed by atoms with Crippen LogP contribution >= 0.6 is 23.1 Å². The molecule has 0 radical (unpaired) electrons. The summed E-state index contributed by atoms with van der Waals surface area (Å²) in [5.41, 5.74) is 10.4. The number of fused-ring (bicyclic) bond motifs is 2. The maximum Gasteiger partial charge on any atom is 0.0629 e. The molecular formula is C32H27NS2. The van der Waals surface area contributed by atoms with E-state index < -0.39 is 0 Å². The molecule has 1 nitrogen and oxygen atoms in total. The molecule has 2 heterocycles. The van der Waals surface area contributed by atoms with Gasteiger partial charge in [0.1, 0.15) is 0 Å². The predicted octanol–water partition coefficient (Wildman–Crippen LogP) is 9.56. The second-order valence-electron chi connectivity index (χ2n) is 9.20. The summed E-state index contributed by atoms with van der Waals surface area (Å²) >= 11 is 3.89. The molecule has 3 heteroatoms. The van der Waals surface area contributed by atoms with Crippen molar-refractivity contribution in [2.24, 2.45) is 0 Å². The summed E-state index contributed by atoms with van der Waals surface area (Å²) in [7, 11) is 0. The van der Waals surface area contributed by atoms with E-state index in [1.807, 2.05) is 23.1 Å². The molecule has 1 aliphatic rings. The lowest BCUT2D eigenvalue weighted by Crippen LogP contribution is -2.00. The molecule has 5 aromatic rings. The van der Waals surface area contributed by atoms with Gasteiger partial charge in [0.15, 0.2) is 0 Å². The molecule has 0 saturated carbocycles. The van der Waals surface area contributed by atoms with Crippen molar-refractivity contribution in [3.63, 3.8) is 0 Å². The lowest BCUT2D eigenvalue weighted by molar-refractivity contribution is 1.16. The Morgan fingerprint density at radius 3 is 2.11 bits per heavy atom. The fraction of sp³-hybridized carbons (Fsp3) is 0.125. The Kier molecular flexibility index (Phi) is 5.97. The standard InChI is InChI=1S/C32H27NS2/c1-21-12-16-23(17-13-21)20-28-30-29(31(35-28)24-8-4-3-5-9-24)32(25-18-14-22(2)15-19-25)34-27-11-7-6-10-26(27)33-30/h3-19,32-33H,20H2,1-2H3. The molecule has 0 bridgehead atoms. The maximum absolute atomic E-state index is 3.89. The molecule has 0 saturated heterocycles. The zero-order valence-corrected chi connectivity index (χ0v) is 21.5. The normalized spacial score (nSPS) is 14.5. The molecule has 0 aliphatic carbocycles. The van der Waals surface area contributed by atoms with Crippen molar-refractivity contribution in [2.75, 3.05) is 5.32 Å². The molecule has 172 valence electrons. The van der Waals surface area contributed by atoms with E-state index in [1.165, 1.54) is 59.4 Å². The first-order valence-corrected chi connectivity index (χ1v) is 13.7.